The Hall–Kier alpha value is -2.93. The van der Waals surface area contributed by atoms with Gasteiger partial charge in [0.25, 0.3) is 11.1 Å². The smallest absolute Gasteiger partial charge is 0.294 e. The minimum atomic E-state index is -0.565. The van der Waals surface area contributed by atoms with Crippen LogP contribution in [0.5, 0.6) is 0 Å². The molecule has 3 amide bonds. The van der Waals surface area contributed by atoms with E-state index in [2.05, 4.69) is 5.32 Å². The number of imide groups is 1. The first-order valence-corrected chi connectivity index (χ1v) is 9.03. The Morgan fingerprint density at radius 1 is 1.15 bits per heavy atom. The molecule has 3 rings (SSSR count). The van der Waals surface area contributed by atoms with Crippen LogP contribution in [0.2, 0.25) is 0 Å². The Morgan fingerprint density at radius 3 is 2.63 bits per heavy atom. The molecular formula is C20H17FN2O3S. The first-order valence-electron chi connectivity index (χ1n) is 8.21. The van der Waals surface area contributed by atoms with E-state index < -0.39 is 22.9 Å². The maximum atomic E-state index is 13.3. The highest BCUT2D eigenvalue weighted by atomic mass is 32.2. The molecule has 5 nitrogen and oxygen atoms in total. The van der Waals surface area contributed by atoms with Gasteiger partial charge in [0.15, 0.2) is 0 Å². The van der Waals surface area contributed by atoms with Crippen molar-refractivity contribution in [1.82, 2.24) is 4.90 Å². The molecule has 0 spiro atoms. The van der Waals surface area contributed by atoms with Crippen LogP contribution in [0, 0.1) is 19.7 Å². The zero-order valence-corrected chi connectivity index (χ0v) is 15.6. The molecule has 0 radical (unpaired) electrons. The lowest BCUT2D eigenvalue weighted by Crippen LogP contribution is -2.36. The number of carbonyl (C=O) groups excluding carboxylic acids is 3. The predicted octanol–water partition coefficient (Wildman–Crippen LogP) is 4.12. The van der Waals surface area contributed by atoms with Crippen molar-refractivity contribution in [3.63, 3.8) is 0 Å². The molecule has 1 fully saturated rings. The third kappa shape index (κ3) is 4.43. The summed E-state index contributed by atoms with van der Waals surface area (Å²) in [6.07, 6.45) is 1.44. The van der Waals surface area contributed by atoms with Gasteiger partial charge in [-0.25, -0.2) is 4.39 Å². The van der Waals surface area contributed by atoms with Crippen molar-refractivity contribution in [2.24, 2.45) is 0 Å². The number of hydrogen-bond acceptors (Lipinski definition) is 4. The lowest BCUT2D eigenvalue weighted by molar-refractivity contribution is -0.127. The van der Waals surface area contributed by atoms with Gasteiger partial charge in [-0.15, -0.1) is 0 Å². The summed E-state index contributed by atoms with van der Waals surface area (Å²) < 4.78 is 13.3. The van der Waals surface area contributed by atoms with Crippen molar-refractivity contribution in [2.45, 2.75) is 13.8 Å². The topological polar surface area (TPSA) is 66.5 Å². The molecule has 7 heteroatoms. The number of amides is 3. The molecule has 0 unspecified atom stereocenters. The van der Waals surface area contributed by atoms with Gasteiger partial charge in [0, 0.05) is 5.69 Å². The fourth-order valence-corrected chi connectivity index (χ4v) is 3.39. The van der Waals surface area contributed by atoms with E-state index in [4.69, 9.17) is 0 Å². The second kappa shape index (κ2) is 7.75. The molecule has 1 saturated heterocycles. The maximum absolute atomic E-state index is 13.3. The van der Waals surface area contributed by atoms with E-state index in [1.54, 1.807) is 12.1 Å². The normalized spacial score (nSPS) is 15.5. The second-order valence-electron chi connectivity index (χ2n) is 6.17. The third-order valence-corrected chi connectivity index (χ3v) is 5.02. The number of aryl methyl sites for hydroxylation is 2. The molecule has 1 aliphatic rings. The molecule has 0 atom stereocenters. The summed E-state index contributed by atoms with van der Waals surface area (Å²) >= 11 is 0.731. The van der Waals surface area contributed by atoms with Crippen LogP contribution < -0.4 is 5.32 Å². The summed E-state index contributed by atoms with van der Waals surface area (Å²) in [5, 5.41) is 2.16. The summed E-state index contributed by atoms with van der Waals surface area (Å²) in [6, 6.07) is 11.2. The highest BCUT2D eigenvalue weighted by molar-refractivity contribution is 8.18. The molecule has 27 heavy (non-hydrogen) atoms. The van der Waals surface area contributed by atoms with Crippen molar-refractivity contribution in [3.05, 3.63) is 69.9 Å². The van der Waals surface area contributed by atoms with Gasteiger partial charge in [-0.2, -0.15) is 0 Å². The van der Waals surface area contributed by atoms with E-state index in [9.17, 15) is 18.8 Å². The van der Waals surface area contributed by atoms with Crippen molar-refractivity contribution in [1.29, 1.82) is 0 Å². The molecule has 0 aromatic heterocycles. The molecule has 2 aromatic carbocycles. The van der Waals surface area contributed by atoms with Crippen LogP contribution >= 0.6 is 11.8 Å². The van der Waals surface area contributed by atoms with E-state index >= 15 is 0 Å². The minimum Gasteiger partial charge on any atom is -0.325 e. The van der Waals surface area contributed by atoms with Gasteiger partial charge in [-0.05, 0) is 72.6 Å². The molecule has 2 aromatic rings. The molecule has 0 aliphatic carbocycles. The van der Waals surface area contributed by atoms with E-state index in [0.717, 1.165) is 27.8 Å². The number of anilines is 1. The number of benzene rings is 2. The van der Waals surface area contributed by atoms with Gasteiger partial charge in [-0.3, -0.25) is 19.3 Å². The first-order chi connectivity index (χ1) is 12.8. The van der Waals surface area contributed by atoms with Crippen LogP contribution in [0.4, 0.5) is 14.9 Å². The van der Waals surface area contributed by atoms with E-state index in [1.807, 2.05) is 26.0 Å². The molecule has 0 saturated carbocycles. The van der Waals surface area contributed by atoms with Crippen molar-refractivity contribution in [2.75, 3.05) is 11.9 Å². The number of hydrogen-bond donors (Lipinski definition) is 1. The Morgan fingerprint density at radius 2 is 1.93 bits per heavy atom. The van der Waals surface area contributed by atoms with E-state index in [-0.39, 0.29) is 11.4 Å². The standard InChI is InChI=1S/C20H17FN2O3S/c1-12-6-7-16(8-13(12)2)22-18(24)11-23-19(25)17(27-20(23)26)10-14-4-3-5-15(21)9-14/h3-10H,11H2,1-2H3,(H,22,24)/b17-10-. The molecule has 0 bridgehead atoms. The average molecular weight is 384 g/mol. The van der Waals surface area contributed by atoms with E-state index in [1.165, 1.54) is 24.3 Å². The third-order valence-electron chi connectivity index (χ3n) is 4.11. The number of rotatable bonds is 4. The quantitative estimate of drug-likeness (QED) is 0.806. The number of carbonyl (C=O) groups is 3. The van der Waals surface area contributed by atoms with Gasteiger partial charge in [0.1, 0.15) is 12.4 Å². The van der Waals surface area contributed by atoms with Crippen LogP contribution in [-0.2, 0) is 9.59 Å². The van der Waals surface area contributed by atoms with Gasteiger partial charge >= 0.3 is 0 Å². The monoisotopic (exact) mass is 384 g/mol. The van der Waals surface area contributed by atoms with Crippen molar-refractivity contribution >= 4 is 40.6 Å². The van der Waals surface area contributed by atoms with Gasteiger partial charge in [0.05, 0.1) is 4.91 Å². The largest absolute Gasteiger partial charge is 0.325 e. The van der Waals surface area contributed by atoms with Crippen LogP contribution in [0.25, 0.3) is 6.08 Å². The van der Waals surface area contributed by atoms with Crippen molar-refractivity contribution in [3.8, 4) is 0 Å². The Labute approximate surface area is 160 Å². The van der Waals surface area contributed by atoms with Gasteiger partial charge < -0.3 is 5.32 Å². The van der Waals surface area contributed by atoms with E-state index in [0.29, 0.717) is 11.3 Å². The van der Waals surface area contributed by atoms with Crippen LogP contribution in [0.3, 0.4) is 0 Å². The molecular weight excluding hydrogens is 367 g/mol. The Balaban J connectivity index is 1.69. The molecule has 1 N–H and O–H groups in total. The SMILES string of the molecule is Cc1ccc(NC(=O)CN2C(=O)S/C(=C\c3cccc(F)c3)C2=O)cc1C. The first kappa shape index (κ1) is 18.8. The van der Waals surface area contributed by atoms with Gasteiger partial charge in [0.2, 0.25) is 5.91 Å². The highest BCUT2D eigenvalue weighted by Crippen LogP contribution is 2.32. The number of thioether (sulfide) groups is 1. The fraction of sp³-hybridized carbons (Fsp3) is 0.150. The fourth-order valence-electron chi connectivity index (χ4n) is 2.55. The van der Waals surface area contributed by atoms with Crippen LogP contribution in [-0.4, -0.2) is 28.5 Å². The summed E-state index contributed by atoms with van der Waals surface area (Å²) in [4.78, 5) is 37.8. The number of nitrogens with one attached hydrogen (secondary N) is 1. The van der Waals surface area contributed by atoms with Crippen LogP contribution in [0.1, 0.15) is 16.7 Å². The zero-order chi connectivity index (χ0) is 19.6. The van der Waals surface area contributed by atoms with Crippen molar-refractivity contribution < 1.29 is 18.8 Å². The van der Waals surface area contributed by atoms with Crippen LogP contribution in [0.15, 0.2) is 47.4 Å². The zero-order valence-electron chi connectivity index (χ0n) is 14.8. The summed E-state index contributed by atoms with van der Waals surface area (Å²) in [5.74, 6) is -1.46. The predicted molar refractivity (Wildman–Crippen MR) is 104 cm³/mol. The molecule has 1 heterocycles. The lowest BCUT2D eigenvalue weighted by atomic mass is 10.1. The number of halogens is 1. The molecule has 138 valence electrons. The lowest BCUT2D eigenvalue weighted by Gasteiger charge is -2.13. The molecule has 1 aliphatic heterocycles. The Kier molecular flexibility index (Phi) is 5.41. The number of nitrogens with zero attached hydrogens (tertiary/aromatic N) is 1. The highest BCUT2D eigenvalue weighted by Gasteiger charge is 2.36. The minimum absolute atomic E-state index is 0.157. The maximum Gasteiger partial charge on any atom is 0.294 e. The Bertz CT molecular complexity index is 971. The average Bonchev–Trinajstić information content (AvgIpc) is 2.86. The summed E-state index contributed by atoms with van der Waals surface area (Å²) in [7, 11) is 0. The van der Waals surface area contributed by atoms with Gasteiger partial charge in [-0.1, -0.05) is 18.2 Å². The summed E-state index contributed by atoms with van der Waals surface area (Å²) in [6.45, 7) is 3.52. The second-order valence-corrected chi connectivity index (χ2v) is 7.16. The summed E-state index contributed by atoms with van der Waals surface area (Å²) in [5.41, 5.74) is 3.20.